The Labute approximate surface area is 128 Å². The summed E-state index contributed by atoms with van der Waals surface area (Å²) in [5.41, 5.74) is 0. The third-order valence-corrected chi connectivity index (χ3v) is 3.20. The van der Waals surface area contributed by atoms with Crippen molar-refractivity contribution in [2.24, 2.45) is 0 Å². The van der Waals surface area contributed by atoms with Crippen LogP contribution in [0.3, 0.4) is 0 Å². The van der Waals surface area contributed by atoms with E-state index in [1.807, 2.05) is 0 Å². The average molecular weight is 295 g/mol. The minimum Gasteiger partial charge on any atom is -0.467 e. The maximum Gasteiger partial charge on any atom is 0.322 e. The molecule has 0 aliphatic rings. The number of hydrogen-bond donors (Lipinski definition) is 1. The second-order valence-electron chi connectivity index (χ2n) is 5.37. The predicted molar refractivity (Wildman–Crippen MR) is 87.2 cm³/mol. The summed E-state index contributed by atoms with van der Waals surface area (Å²) >= 11 is 0. The second-order valence-corrected chi connectivity index (χ2v) is 5.37. The van der Waals surface area contributed by atoms with Crippen LogP contribution in [-0.2, 0) is 0 Å². The second kappa shape index (κ2) is 9.37. The minimum absolute atomic E-state index is 0.341. The van der Waals surface area contributed by atoms with Crippen molar-refractivity contribution < 1.29 is 4.74 Å². The summed E-state index contributed by atoms with van der Waals surface area (Å²) in [6.45, 7) is 10.4. The first-order valence-electron chi connectivity index (χ1n) is 7.92. The molecule has 0 aromatic carbocycles. The van der Waals surface area contributed by atoms with E-state index in [1.54, 1.807) is 7.11 Å². The Morgan fingerprint density at radius 3 is 2.43 bits per heavy atom. The zero-order valence-electron chi connectivity index (χ0n) is 14.0. The molecular weight excluding hydrogens is 266 g/mol. The molecule has 0 aliphatic carbocycles. The van der Waals surface area contributed by atoms with Crippen molar-refractivity contribution in [1.82, 2.24) is 15.0 Å². The molecule has 0 amide bonds. The van der Waals surface area contributed by atoms with Gasteiger partial charge >= 0.3 is 6.01 Å². The highest BCUT2D eigenvalue weighted by molar-refractivity contribution is 5.39. The fraction of sp³-hybridized carbons (Fsp3) is 0.800. The number of unbranched alkanes of at least 4 members (excludes halogenated alkanes) is 2. The molecule has 1 heterocycles. The van der Waals surface area contributed by atoms with E-state index in [0.29, 0.717) is 23.9 Å². The van der Waals surface area contributed by atoms with Gasteiger partial charge in [-0.05, 0) is 26.7 Å². The van der Waals surface area contributed by atoms with E-state index in [1.165, 1.54) is 12.8 Å². The van der Waals surface area contributed by atoms with Gasteiger partial charge in [0.25, 0.3) is 0 Å². The fourth-order valence-corrected chi connectivity index (χ4v) is 2.00. The molecule has 6 heteroatoms. The van der Waals surface area contributed by atoms with Crippen molar-refractivity contribution in [2.75, 3.05) is 30.4 Å². The third kappa shape index (κ3) is 5.73. The molecule has 120 valence electrons. The highest BCUT2D eigenvalue weighted by Gasteiger charge is 2.16. The first kappa shape index (κ1) is 17.5. The SMILES string of the molecule is CCCCCN(c1nc(NCCC)nc(OC)n1)C(C)C. The molecule has 0 atom stereocenters. The summed E-state index contributed by atoms with van der Waals surface area (Å²) in [5.74, 6) is 1.27. The number of hydrogen-bond acceptors (Lipinski definition) is 6. The van der Waals surface area contributed by atoms with E-state index in [2.05, 4.69) is 52.9 Å². The molecule has 0 bridgehead atoms. The van der Waals surface area contributed by atoms with Gasteiger partial charge in [-0.2, -0.15) is 15.0 Å². The Balaban J connectivity index is 2.93. The highest BCUT2D eigenvalue weighted by atomic mass is 16.5. The van der Waals surface area contributed by atoms with E-state index >= 15 is 0 Å². The van der Waals surface area contributed by atoms with Gasteiger partial charge in [-0.15, -0.1) is 0 Å². The quantitative estimate of drug-likeness (QED) is 0.669. The Kier molecular flexibility index (Phi) is 7.79. The van der Waals surface area contributed by atoms with Crippen LogP contribution in [-0.4, -0.2) is 41.2 Å². The predicted octanol–water partition coefficient (Wildman–Crippen LogP) is 3.11. The van der Waals surface area contributed by atoms with Gasteiger partial charge in [0.2, 0.25) is 11.9 Å². The third-order valence-electron chi connectivity index (χ3n) is 3.20. The van der Waals surface area contributed by atoms with Crippen LogP contribution in [0.2, 0.25) is 0 Å². The van der Waals surface area contributed by atoms with Crippen LogP contribution in [0.4, 0.5) is 11.9 Å². The summed E-state index contributed by atoms with van der Waals surface area (Å²) in [4.78, 5) is 15.4. The smallest absolute Gasteiger partial charge is 0.322 e. The monoisotopic (exact) mass is 295 g/mol. The van der Waals surface area contributed by atoms with Gasteiger partial charge in [0, 0.05) is 19.1 Å². The van der Waals surface area contributed by atoms with E-state index in [0.717, 1.165) is 25.9 Å². The molecule has 1 N–H and O–H groups in total. The van der Waals surface area contributed by atoms with Crippen molar-refractivity contribution in [3.8, 4) is 6.01 Å². The van der Waals surface area contributed by atoms with Gasteiger partial charge in [0.05, 0.1) is 7.11 Å². The first-order chi connectivity index (χ1) is 10.1. The normalized spacial score (nSPS) is 10.8. The topological polar surface area (TPSA) is 63.2 Å². The maximum absolute atomic E-state index is 5.20. The van der Waals surface area contributed by atoms with Crippen molar-refractivity contribution in [3.63, 3.8) is 0 Å². The lowest BCUT2D eigenvalue weighted by atomic mass is 10.2. The number of anilines is 2. The van der Waals surface area contributed by atoms with Gasteiger partial charge in [-0.3, -0.25) is 0 Å². The van der Waals surface area contributed by atoms with Gasteiger partial charge in [-0.25, -0.2) is 0 Å². The highest BCUT2D eigenvalue weighted by Crippen LogP contribution is 2.18. The number of rotatable bonds is 10. The molecule has 0 fully saturated rings. The number of ether oxygens (including phenoxy) is 1. The molecule has 1 rings (SSSR count). The van der Waals surface area contributed by atoms with Crippen molar-refractivity contribution in [3.05, 3.63) is 0 Å². The standard InChI is InChI=1S/C15H29N5O/c1-6-8-9-11-20(12(3)4)14-17-13(16-10-7-2)18-15(19-14)21-5/h12H,6-11H2,1-5H3,(H,16,17,18,19). The summed E-state index contributed by atoms with van der Waals surface area (Å²) in [6.07, 6.45) is 4.58. The van der Waals surface area contributed by atoms with Gasteiger partial charge < -0.3 is 15.0 Å². The van der Waals surface area contributed by atoms with E-state index in [-0.39, 0.29) is 0 Å². The number of aromatic nitrogens is 3. The summed E-state index contributed by atoms with van der Waals surface area (Å²) < 4.78 is 5.20. The lowest BCUT2D eigenvalue weighted by molar-refractivity contribution is 0.378. The lowest BCUT2D eigenvalue weighted by Gasteiger charge is -2.27. The number of nitrogens with one attached hydrogen (secondary N) is 1. The molecule has 0 saturated carbocycles. The van der Waals surface area contributed by atoms with Crippen LogP contribution in [0.1, 0.15) is 53.4 Å². The van der Waals surface area contributed by atoms with Crippen LogP contribution in [0.15, 0.2) is 0 Å². The van der Waals surface area contributed by atoms with E-state index < -0.39 is 0 Å². The summed E-state index contributed by atoms with van der Waals surface area (Å²) in [6, 6.07) is 0.702. The van der Waals surface area contributed by atoms with Crippen molar-refractivity contribution >= 4 is 11.9 Å². The molecule has 0 radical (unpaired) electrons. The van der Waals surface area contributed by atoms with Crippen LogP contribution in [0.5, 0.6) is 6.01 Å². The van der Waals surface area contributed by atoms with E-state index in [4.69, 9.17) is 4.74 Å². The zero-order chi connectivity index (χ0) is 15.7. The van der Waals surface area contributed by atoms with Crippen LogP contribution < -0.4 is 15.0 Å². The molecule has 1 aromatic heterocycles. The Morgan fingerprint density at radius 1 is 1.10 bits per heavy atom. The Morgan fingerprint density at radius 2 is 1.86 bits per heavy atom. The zero-order valence-corrected chi connectivity index (χ0v) is 14.0. The number of methoxy groups -OCH3 is 1. The molecular formula is C15H29N5O. The molecule has 0 aliphatic heterocycles. The van der Waals surface area contributed by atoms with Crippen molar-refractivity contribution in [1.29, 1.82) is 0 Å². The molecule has 0 unspecified atom stereocenters. The van der Waals surface area contributed by atoms with Crippen LogP contribution in [0, 0.1) is 0 Å². The maximum atomic E-state index is 5.20. The average Bonchev–Trinajstić information content (AvgIpc) is 2.48. The van der Waals surface area contributed by atoms with E-state index in [9.17, 15) is 0 Å². The van der Waals surface area contributed by atoms with Crippen molar-refractivity contribution in [2.45, 2.75) is 59.4 Å². The largest absolute Gasteiger partial charge is 0.467 e. The van der Waals surface area contributed by atoms with Gasteiger partial charge in [-0.1, -0.05) is 26.7 Å². The Hall–Kier alpha value is -1.59. The molecule has 21 heavy (non-hydrogen) atoms. The molecule has 6 nitrogen and oxygen atoms in total. The fourth-order valence-electron chi connectivity index (χ4n) is 2.00. The lowest BCUT2D eigenvalue weighted by Crippen LogP contribution is -2.33. The first-order valence-corrected chi connectivity index (χ1v) is 7.92. The van der Waals surface area contributed by atoms with Gasteiger partial charge in [0.1, 0.15) is 0 Å². The summed E-state index contributed by atoms with van der Waals surface area (Å²) in [5, 5.41) is 3.20. The van der Waals surface area contributed by atoms with Crippen LogP contribution in [0.25, 0.3) is 0 Å². The van der Waals surface area contributed by atoms with Gasteiger partial charge in [0.15, 0.2) is 0 Å². The number of nitrogens with zero attached hydrogens (tertiary/aromatic N) is 4. The molecule has 0 spiro atoms. The summed E-state index contributed by atoms with van der Waals surface area (Å²) in [7, 11) is 1.58. The molecule has 0 saturated heterocycles. The van der Waals surface area contributed by atoms with Crippen LogP contribution >= 0.6 is 0 Å². The Bertz CT molecular complexity index is 411. The molecule has 1 aromatic rings. The minimum atomic E-state index is 0.341.